The van der Waals surface area contributed by atoms with Crippen LogP contribution in [0, 0.1) is 11.3 Å². The van der Waals surface area contributed by atoms with Crippen molar-refractivity contribution in [2.24, 2.45) is 5.73 Å². The molecule has 1 aliphatic rings. The number of nitrogens with zero attached hydrogens (tertiary/aromatic N) is 2. The molecular formula is C30H38N4O4S. The summed E-state index contributed by atoms with van der Waals surface area (Å²) < 4.78 is 5.49. The molecule has 0 aliphatic carbocycles. The topological polar surface area (TPSA) is 126 Å². The third-order valence-electron chi connectivity index (χ3n) is 6.38. The summed E-state index contributed by atoms with van der Waals surface area (Å²) >= 11 is 1.68. The monoisotopic (exact) mass is 550 g/mol. The molecule has 3 N–H and O–H groups in total. The van der Waals surface area contributed by atoms with Crippen LogP contribution in [-0.2, 0) is 20.7 Å². The second-order valence-corrected chi connectivity index (χ2v) is 11.9. The number of benzene rings is 2. The van der Waals surface area contributed by atoms with Gasteiger partial charge in [-0.05, 0) is 81.0 Å². The first-order chi connectivity index (χ1) is 18.5. The number of amides is 3. The molecule has 0 spiro atoms. The molecule has 3 rings (SSSR count). The molecule has 3 amide bonds. The van der Waals surface area contributed by atoms with E-state index in [0.29, 0.717) is 18.5 Å². The minimum atomic E-state index is -0.925. The lowest BCUT2D eigenvalue weighted by Crippen LogP contribution is -2.56. The molecule has 1 aliphatic heterocycles. The maximum Gasteiger partial charge on any atom is 0.410 e. The van der Waals surface area contributed by atoms with Gasteiger partial charge >= 0.3 is 6.09 Å². The van der Waals surface area contributed by atoms with Crippen LogP contribution in [-0.4, -0.2) is 52.8 Å². The zero-order chi connectivity index (χ0) is 28.6. The van der Waals surface area contributed by atoms with Crippen molar-refractivity contribution in [3.63, 3.8) is 0 Å². The number of carbonyl (C=O) groups excluding carboxylic acids is 3. The van der Waals surface area contributed by atoms with Crippen molar-refractivity contribution in [1.29, 1.82) is 5.26 Å². The molecule has 39 heavy (non-hydrogen) atoms. The van der Waals surface area contributed by atoms with Gasteiger partial charge in [0.15, 0.2) is 0 Å². The van der Waals surface area contributed by atoms with Crippen molar-refractivity contribution in [3.8, 4) is 17.2 Å². The van der Waals surface area contributed by atoms with Gasteiger partial charge in [-0.15, -0.1) is 11.8 Å². The third-order valence-corrected chi connectivity index (χ3v) is 7.66. The number of primary amides is 1. The summed E-state index contributed by atoms with van der Waals surface area (Å²) in [6.07, 6.45) is 2.79. The van der Waals surface area contributed by atoms with E-state index in [2.05, 4.69) is 18.3 Å². The summed E-state index contributed by atoms with van der Waals surface area (Å²) in [6.45, 7) is 7.87. The lowest BCUT2D eigenvalue weighted by Gasteiger charge is -2.36. The van der Waals surface area contributed by atoms with E-state index in [0.717, 1.165) is 46.6 Å². The van der Waals surface area contributed by atoms with Gasteiger partial charge in [-0.3, -0.25) is 14.5 Å². The van der Waals surface area contributed by atoms with Crippen LogP contribution in [0.4, 0.5) is 4.79 Å². The standard InChI is InChI=1S/C30H38N4O4S/c1-5-16-39-26-14-13-22(18-23(26)19-31)21-11-9-20(10-12-21)17-24(27(32)35)33-28(36)25-8-6-7-15-34(25)29(37)38-30(2,3)4/h9-14,18,24-25H,5-8,15-17H2,1-4H3,(H2,32,35)(H,33,36). The Bertz CT molecular complexity index is 1220. The SMILES string of the molecule is CCCSc1ccc(-c2ccc(CC(NC(=O)C3CCCCN3C(=O)OC(C)(C)C)C(N)=O)cc2)cc1C#N. The number of hydrogen-bond donors (Lipinski definition) is 2. The highest BCUT2D eigenvalue weighted by molar-refractivity contribution is 7.99. The van der Waals surface area contributed by atoms with E-state index in [4.69, 9.17) is 10.5 Å². The Kier molecular flexibility index (Phi) is 10.4. The Hall–Kier alpha value is -3.51. The zero-order valence-electron chi connectivity index (χ0n) is 23.2. The first kappa shape index (κ1) is 30.0. The van der Waals surface area contributed by atoms with Crippen molar-refractivity contribution in [1.82, 2.24) is 10.2 Å². The van der Waals surface area contributed by atoms with E-state index in [-0.39, 0.29) is 6.42 Å². The van der Waals surface area contributed by atoms with Crippen LogP contribution in [0.2, 0.25) is 0 Å². The van der Waals surface area contributed by atoms with Gasteiger partial charge in [-0.2, -0.15) is 5.26 Å². The maximum absolute atomic E-state index is 13.2. The lowest BCUT2D eigenvalue weighted by molar-refractivity contribution is -0.131. The quantitative estimate of drug-likeness (QED) is 0.422. The number of thioether (sulfide) groups is 1. The summed E-state index contributed by atoms with van der Waals surface area (Å²) in [7, 11) is 0. The van der Waals surface area contributed by atoms with E-state index in [1.165, 1.54) is 4.90 Å². The molecule has 1 saturated heterocycles. The fourth-order valence-corrected chi connectivity index (χ4v) is 5.29. The minimum absolute atomic E-state index is 0.219. The van der Waals surface area contributed by atoms with Crippen LogP contribution >= 0.6 is 11.8 Å². The van der Waals surface area contributed by atoms with E-state index in [9.17, 15) is 19.6 Å². The molecule has 1 fully saturated rings. The molecule has 0 aromatic heterocycles. The molecule has 208 valence electrons. The van der Waals surface area contributed by atoms with Crippen LogP contribution in [0.15, 0.2) is 47.4 Å². The van der Waals surface area contributed by atoms with E-state index in [1.54, 1.807) is 32.5 Å². The van der Waals surface area contributed by atoms with Gasteiger partial charge in [-0.1, -0.05) is 37.3 Å². The Balaban J connectivity index is 1.70. The molecular weight excluding hydrogens is 512 g/mol. The van der Waals surface area contributed by atoms with Gasteiger partial charge in [-0.25, -0.2) is 4.79 Å². The van der Waals surface area contributed by atoms with Crippen LogP contribution in [0.3, 0.4) is 0 Å². The minimum Gasteiger partial charge on any atom is -0.444 e. The number of nitriles is 1. The molecule has 0 saturated carbocycles. The van der Waals surface area contributed by atoms with Gasteiger partial charge in [0.2, 0.25) is 11.8 Å². The summed E-state index contributed by atoms with van der Waals surface area (Å²) in [4.78, 5) is 40.6. The summed E-state index contributed by atoms with van der Waals surface area (Å²) in [5.74, 6) is -0.1000. The Morgan fingerprint density at radius 2 is 1.85 bits per heavy atom. The van der Waals surface area contributed by atoms with Crippen LogP contribution in [0.5, 0.6) is 0 Å². The molecule has 2 aromatic rings. The van der Waals surface area contributed by atoms with Gasteiger partial charge in [0.25, 0.3) is 0 Å². The summed E-state index contributed by atoms with van der Waals surface area (Å²) in [6, 6.07) is 14.1. The van der Waals surface area contributed by atoms with Gasteiger partial charge < -0.3 is 15.8 Å². The number of likely N-dealkylation sites (tertiary alicyclic amines) is 1. The van der Waals surface area contributed by atoms with Crippen molar-refractivity contribution in [2.75, 3.05) is 12.3 Å². The molecule has 1 heterocycles. The van der Waals surface area contributed by atoms with E-state index >= 15 is 0 Å². The number of nitrogens with two attached hydrogens (primary N) is 1. The average molecular weight is 551 g/mol. The molecule has 0 bridgehead atoms. The molecule has 2 atom stereocenters. The van der Waals surface area contributed by atoms with Crippen molar-refractivity contribution >= 4 is 29.7 Å². The van der Waals surface area contributed by atoms with Crippen molar-refractivity contribution < 1.29 is 19.1 Å². The average Bonchev–Trinajstić information content (AvgIpc) is 2.90. The Morgan fingerprint density at radius 1 is 1.15 bits per heavy atom. The highest BCUT2D eigenvalue weighted by Crippen LogP contribution is 2.29. The van der Waals surface area contributed by atoms with Gasteiger partial charge in [0.05, 0.1) is 5.56 Å². The second-order valence-electron chi connectivity index (χ2n) is 10.7. The number of hydrogen-bond acceptors (Lipinski definition) is 6. The number of piperidine rings is 1. The maximum atomic E-state index is 13.2. The summed E-state index contributed by atoms with van der Waals surface area (Å²) in [5.41, 5.74) is 8.32. The third kappa shape index (κ3) is 8.49. The molecule has 2 unspecified atom stereocenters. The normalized spacial score (nSPS) is 16.2. The van der Waals surface area contributed by atoms with Crippen LogP contribution < -0.4 is 11.1 Å². The largest absolute Gasteiger partial charge is 0.444 e. The predicted molar refractivity (Wildman–Crippen MR) is 153 cm³/mol. The zero-order valence-corrected chi connectivity index (χ0v) is 24.0. The van der Waals surface area contributed by atoms with Crippen LogP contribution in [0.25, 0.3) is 11.1 Å². The summed E-state index contributed by atoms with van der Waals surface area (Å²) in [5, 5.41) is 12.3. The molecule has 0 radical (unpaired) electrons. The molecule has 8 nitrogen and oxygen atoms in total. The molecule has 2 aromatic carbocycles. The lowest BCUT2D eigenvalue weighted by atomic mass is 9.98. The fourth-order valence-electron chi connectivity index (χ4n) is 4.44. The number of ether oxygens (including phenoxy) is 1. The first-order valence-corrected chi connectivity index (χ1v) is 14.4. The number of nitrogens with one attached hydrogen (secondary N) is 1. The highest BCUT2D eigenvalue weighted by Gasteiger charge is 2.36. The molecule has 9 heteroatoms. The smallest absolute Gasteiger partial charge is 0.410 e. The predicted octanol–water partition coefficient (Wildman–Crippen LogP) is 5.03. The second kappa shape index (κ2) is 13.5. The van der Waals surface area contributed by atoms with Crippen LogP contribution in [0.1, 0.15) is 64.5 Å². The Labute approximate surface area is 235 Å². The number of carbonyl (C=O) groups is 3. The van der Waals surface area contributed by atoms with E-state index < -0.39 is 35.6 Å². The number of rotatable bonds is 9. The van der Waals surface area contributed by atoms with Crippen molar-refractivity contribution in [2.45, 2.75) is 82.4 Å². The van der Waals surface area contributed by atoms with Crippen molar-refractivity contribution in [3.05, 3.63) is 53.6 Å². The highest BCUT2D eigenvalue weighted by atomic mass is 32.2. The van der Waals surface area contributed by atoms with E-state index in [1.807, 2.05) is 42.5 Å². The van der Waals surface area contributed by atoms with Gasteiger partial charge in [0, 0.05) is 17.9 Å². The fraction of sp³-hybridized carbons (Fsp3) is 0.467. The first-order valence-electron chi connectivity index (χ1n) is 13.4. The van der Waals surface area contributed by atoms with Gasteiger partial charge in [0.1, 0.15) is 23.8 Å². The Morgan fingerprint density at radius 3 is 2.46 bits per heavy atom.